The van der Waals surface area contributed by atoms with E-state index < -0.39 is 0 Å². The van der Waals surface area contributed by atoms with Gasteiger partial charge in [-0.15, -0.1) is 0 Å². The Hall–Kier alpha value is -2.13. The van der Waals surface area contributed by atoms with Gasteiger partial charge in [-0.3, -0.25) is 9.69 Å². The van der Waals surface area contributed by atoms with Crippen molar-refractivity contribution in [2.75, 3.05) is 19.6 Å². The van der Waals surface area contributed by atoms with Gasteiger partial charge in [0.2, 0.25) is 0 Å². The second-order valence-corrected chi connectivity index (χ2v) is 6.15. The summed E-state index contributed by atoms with van der Waals surface area (Å²) < 4.78 is 5.82. The molecule has 0 N–H and O–H groups in total. The predicted molar refractivity (Wildman–Crippen MR) is 92.3 cm³/mol. The molecule has 2 aromatic rings. The number of nitrogens with zero attached hydrogens (tertiary/aromatic N) is 1. The summed E-state index contributed by atoms with van der Waals surface area (Å²) in [5, 5.41) is 0. The summed E-state index contributed by atoms with van der Waals surface area (Å²) in [5.41, 5.74) is 1.77. The van der Waals surface area contributed by atoms with Crippen molar-refractivity contribution in [2.24, 2.45) is 0 Å². The van der Waals surface area contributed by atoms with E-state index in [1.165, 1.54) is 19.3 Å². The third-order valence-corrected chi connectivity index (χ3v) is 4.29. The summed E-state index contributed by atoms with van der Waals surface area (Å²) in [6.07, 6.45) is 3.70. The highest BCUT2D eigenvalue weighted by molar-refractivity contribution is 5.99. The Labute approximate surface area is 137 Å². The number of ketones is 1. The number of para-hydroxylation sites is 1. The van der Waals surface area contributed by atoms with E-state index in [-0.39, 0.29) is 5.78 Å². The highest BCUT2D eigenvalue weighted by Gasteiger charge is 2.16. The summed E-state index contributed by atoms with van der Waals surface area (Å²) in [4.78, 5) is 14.8. The van der Waals surface area contributed by atoms with Crippen LogP contribution in [-0.4, -0.2) is 30.3 Å². The van der Waals surface area contributed by atoms with E-state index in [0.29, 0.717) is 6.54 Å². The van der Waals surface area contributed by atoms with Crippen LogP contribution >= 0.6 is 0 Å². The molecule has 3 rings (SSSR count). The number of piperidine rings is 1. The fourth-order valence-corrected chi connectivity index (χ4v) is 3.04. The van der Waals surface area contributed by atoms with Gasteiger partial charge < -0.3 is 4.74 Å². The van der Waals surface area contributed by atoms with Gasteiger partial charge in [0.25, 0.3) is 0 Å². The molecule has 0 aliphatic carbocycles. The van der Waals surface area contributed by atoms with Gasteiger partial charge in [-0.05, 0) is 68.8 Å². The lowest BCUT2D eigenvalue weighted by Gasteiger charge is -2.25. The lowest BCUT2D eigenvalue weighted by atomic mass is 10.0. The molecule has 0 unspecified atom stereocenters. The quantitative estimate of drug-likeness (QED) is 0.764. The van der Waals surface area contributed by atoms with Crippen LogP contribution in [0.2, 0.25) is 0 Å². The van der Waals surface area contributed by atoms with Crippen LogP contribution in [0.15, 0.2) is 48.5 Å². The highest BCUT2D eigenvalue weighted by Crippen LogP contribution is 2.24. The molecule has 1 saturated heterocycles. The van der Waals surface area contributed by atoms with Crippen molar-refractivity contribution >= 4 is 5.78 Å². The Morgan fingerprint density at radius 2 is 1.74 bits per heavy atom. The molecule has 0 spiro atoms. The number of aryl methyl sites for hydroxylation is 1. The average Bonchev–Trinajstić information content (AvgIpc) is 2.57. The number of rotatable bonds is 5. The van der Waals surface area contributed by atoms with Crippen molar-refractivity contribution in [2.45, 2.75) is 26.2 Å². The predicted octanol–water partition coefficient (Wildman–Crippen LogP) is 4.46. The van der Waals surface area contributed by atoms with Gasteiger partial charge in [0.15, 0.2) is 5.78 Å². The first-order valence-electron chi connectivity index (χ1n) is 8.31. The fraction of sp³-hybridized carbons (Fsp3) is 0.350. The Morgan fingerprint density at radius 1 is 1.00 bits per heavy atom. The molecular weight excluding hydrogens is 286 g/mol. The van der Waals surface area contributed by atoms with Crippen LogP contribution in [0, 0.1) is 6.92 Å². The highest BCUT2D eigenvalue weighted by atomic mass is 16.5. The van der Waals surface area contributed by atoms with Crippen molar-refractivity contribution in [1.29, 1.82) is 0 Å². The molecule has 0 atom stereocenters. The second kappa shape index (κ2) is 7.42. The zero-order valence-electron chi connectivity index (χ0n) is 13.6. The summed E-state index contributed by atoms with van der Waals surface area (Å²) >= 11 is 0. The van der Waals surface area contributed by atoms with Crippen LogP contribution in [0.25, 0.3) is 0 Å². The van der Waals surface area contributed by atoms with E-state index in [2.05, 4.69) is 4.90 Å². The average molecular weight is 309 g/mol. The summed E-state index contributed by atoms with van der Waals surface area (Å²) in [7, 11) is 0. The zero-order valence-corrected chi connectivity index (χ0v) is 13.6. The smallest absolute Gasteiger partial charge is 0.177 e. The molecule has 3 nitrogen and oxygen atoms in total. The van der Waals surface area contributed by atoms with Crippen LogP contribution in [-0.2, 0) is 0 Å². The molecule has 1 aliphatic rings. The van der Waals surface area contributed by atoms with Crippen molar-refractivity contribution < 1.29 is 9.53 Å². The number of likely N-dealkylation sites (tertiary alicyclic amines) is 1. The zero-order chi connectivity index (χ0) is 16.1. The van der Waals surface area contributed by atoms with E-state index >= 15 is 0 Å². The number of carbonyl (C=O) groups excluding carboxylic acids is 1. The van der Waals surface area contributed by atoms with E-state index in [4.69, 9.17) is 4.74 Å². The molecular formula is C20H23NO2. The van der Waals surface area contributed by atoms with Crippen molar-refractivity contribution in [3.63, 3.8) is 0 Å². The molecule has 0 saturated carbocycles. The minimum absolute atomic E-state index is 0.204. The van der Waals surface area contributed by atoms with Crippen molar-refractivity contribution in [3.05, 3.63) is 59.7 Å². The van der Waals surface area contributed by atoms with Crippen LogP contribution in [0.1, 0.15) is 35.2 Å². The molecule has 0 bridgehead atoms. The second-order valence-electron chi connectivity index (χ2n) is 6.15. The first-order valence-corrected chi connectivity index (χ1v) is 8.31. The number of hydrogen-bond donors (Lipinski definition) is 0. The summed E-state index contributed by atoms with van der Waals surface area (Å²) in [6, 6.07) is 15.4. The topological polar surface area (TPSA) is 29.5 Å². The van der Waals surface area contributed by atoms with Gasteiger partial charge in [0, 0.05) is 5.56 Å². The van der Waals surface area contributed by atoms with Gasteiger partial charge in [0.05, 0.1) is 6.54 Å². The normalized spacial score (nSPS) is 15.3. The molecule has 1 aliphatic heterocycles. The fourth-order valence-electron chi connectivity index (χ4n) is 3.04. The number of hydrogen-bond acceptors (Lipinski definition) is 3. The molecule has 120 valence electrons. The van der Waals surface area contributed by atoms with Gasteiger partial charge in [-0.2, -0.15) is 0 Å². The SMILES string of the molecule is Cc1cc(Oc2ccccc2)ccc1C(=O)CN1CCCCC1. The number of carbonyl (C=O) groups is 1. The molecule has 0 aromatic heterocycles. The van der Waals surface area contributed by atoms with Crippen molar-refractivity contribution in [3.8, 4) is 11.5 Å². The molecule has 1 heterocycles. The Balaban J connectivity index is 1.67. The van der Waals surface area contributed by atoms with Gasteiger partial charge in [0.1, 0.15) is 11.5 Å². The molecule has 0 radical (unpaired) electrons. The number of ether oxygens (including phenoxy) is 1. The lowest BCUT2D eigenvalue weighted by molar-refractivity contribution is 0.0915. The number of Topliss-reactive ketones (excluding diaryl/α,β-unsaturated/α-hetero) is 1. The van der Waals surface area contributed by atoms with Crippen LogP contribution < -0.4 is 4.74 Å². The maximum absolute atomic E-state index is 12.5. The molecule has 0 amide bonds. The van der Waals surface area contributed by atoms with E-state index in [1.807, 2.05) is 55.5 Å². The Bertz CT molecular complexity index is 661. The van der Waals surface area contributed by atoms with E-state index in [1.54, 1.807) is 0 Å². The van der Waals surface area contributed by atoms with Gasteiger partial charge >= 0.3 is 0 Å². The van der Waals surface area contributed by atoms with Crippen LogP contribution in [0.4, 0.5) is 0 Å². The monoisotopic (exact) mass is 309 g/mol. The molecule has 1 fully saturated rings. The Morgan fingerprint density at radius 3 is 2.43 bits per heavy atom. The van der Waals surface area contributed by atoms with Crippen molar-refractivity contribution in [1.82, 2.24) is 4.90 Å². The number of benzene rings is 2. The van der Waals surface area contributed by atoms with Gasteiger partial charge in [-0.25, -0.2) is 0 Å². The molecule has 23 heavy (non-hydrogen) atoms. The first-order chi connectivity index (χ1) is 11.2. The van der Waals surface area contributed by atoms with E-state index in [9.17, 15) is 4.79 Å². The Kier molecular flexibility index (Phi) is 5.09. The minimum Gasteiger partial charge on any atom is -0.457 e. The maximum Gasteiger partial charge on any atom is 0.177 e. The summed E-state index contributed by atoms with van der Waals surface area (Å²) in [6.45, 7) is 4.58. The maximum atomic E-state index is 12.5. The standard InChI is InChI=1S/C20H23NO2/c1-16-14-18(23-17-8-4-2-5-9-17)10-11-19(16)20(22)15-21-12-6-3-7-13-21/h2,4-5,8-11,14H,3,6-7,12-13,15H2,1H3. The largest absolute Gasteiger partial charge is 0.457 e. The first kappa shape index (κ1) is 15.8. The molecule has 3 heteroatoms. The third-order valence-electron chi connectivity index (χ3n) is 4.29. The molecule has 2 aromatic carbocycles. The van der Waals surface area contributed by atoms with E-state index in [0.717, 1.165) is 35.7 Å². The van der Waals surface area contributed by atoms with Crippen LogP contribution in [0.5, 0.6) is 11.5 Å². The van der Waals surface area contributed by atoms with Crippen LogP contribution in [0.3, 0.4) is 0 Å². The minimum atomic E-state index is 0.204. The lowest BCUT2D eigenvalue weighted by Crippen LogP contribution is -2.34. The summed E-state index contributed by atoms with van der Waals surface area (Å²) in [5.74, 6) is 1.78. The van der Waals surface area contributed by atoms with Gasteiger partial charge in [-0.1, -0.05) is 24.6 Å². The third kappa shape index (κ3) is 4.20.